The average Bonchev–Trinajstić information content (AvgIpc) is 2.24. The van der Waals surface area contributed by atoms with Crippen LogP contribution in [0.5, 0.6) is 5.75 Å². The molecule has 0 bridgehead atoms. The predicted molar refractivity (Wildman–Crippen MR) is 70.8 cm³/mol. The van der Waals surface area contributed by atoms with Crippen molar-refractivity contribution in [1.29, 1.82) is 0 Å². The smallest absolute Gasteiger partial charge is 0.137 e. The predicted octanol–water partition coefficient (Wildman–Crippen LogP) is 2.73. The molecule has 0 aliphatic carbocycles. The van der Waals surface area contributed by atoms with Gasteiger partial charge in [0.1, 0.15) is 11.6 Å². The van der Waals surface area contributed by atoms with Crippen molar-refractivity contribution in [2.24, 2.45) is 11.1 Å². The topological polar surface area (TPSA) is 66.5 Å². The molecule has 1 aromatic rings. The van der Waals surface area contributed by atoms with Gasteiger partial charge in [-0.25, -0.2) is 4.39 Å². The van der Waals surface area contributed by atoms with Gasteiger partial charge in [-0.1, -0.05) is 13.8 Å². The molecule has 0 aliphatic heterocycles. The average molecular weight is 329 g/mol. The van der Waals surface area contributed by atoms with Crippen LogP contribution in [0.15, 0.2) is 16.6 Å². The molecule has 17 heavy (non-hydrogen) atoms. The highest BCUT2D eigenvalue weighted by Crippen LogP contribution is 2.40. The lowest BCUT2D eigenvalue weighted by molar-refractivity contribution is 0.129. The first kappa shape index (κ1) is 16.6. The molecule has 1 aromatic carbocycles. The number of benzene rings is 1. The van der Waals surface area contributed by atoms with Gasteiger partial charge in [0.05, 0.1) is 4.47 Å². The number of phenolic OH excluding ortho intramolecular Hbond substituents is 1. The van der Waals surface area contributed by atoms with E-state index in [1.54, 1.807) is 13.8 Å². The fourth-order valence-electron chi connectivity index (χ4n) is 1.34. The minimum Gasteiger partial charge on any atom is -0.506 e. The summed E-state index contributed by atoms with van der Waals surface area (Å²) in [5, 5.41) is 18.9. The Hall–Kier alpha value is -0.360. The van der Waals surface area contributed by atoms with Crippen LogP contribution in [0.2, 0.25) is 0 Å². The normalized spacial score (nSPS) is 13.1. The Morgan fingerprint density at radius 2 is 2.00 bits per heavy atom. The van der Waals surface area contributed by atoms with Crippen molar-refractivity contribution in [3.05, 3.63) is 28.0 Å². The fraction of sp³-hybridized carbons (Fsp3) is 0.455. The van der Waals surface area contributed by atoms with E-state index in [4.69, 9.17) is 5.73 Å². The first-order chi connectivity index (χ1) is 7.31. The van der Waals surface area contributed by atoms with Gasteiger partial charge in [0.15, 0.2) is 0 Å². The van der Waals surface area contributed by atoms with E-state index >= 15 is 0 Å². The van der Waals surface area contributed by atoms with E-state index in [2.05, 4.69) is 15.9 Å². The van der Waals surface area contributed by atoms with Crippen LogP contribution in [0.25, 0.3) is 0 Å². The van der Waals surface area contributed by atoms with Crippen LogP contribution in [0.3, 0.4) is 0 Å². The Kier molecular flexibility index (Phi) is 5.87. The molecule has 0 saturated carbocycles. The third-order valence-electron chi connectivity index (χ3n) is 2.68. The van der Waals surface area contributed by atoms with Crippen molar-refractivity contribution in [1.82, 2.24) is 0 Å². The highest BCUT2D eigenvalue weighted by molar-refractivity contribution is 9.10. The van der Waals surface area contributed by atoms with E-state index in [-0.39, 0.29) is 30.3 Å². The molecule has 0 aliphatic rings. The van der Waals surface area contributed by atoms with E-state index in [1.807, 2.05) is 0 Å². The highest BCUT2D eigenvalue weighted by atomic mass is 79.9. The summed E-state index contributed by atoms with van der Waals surface area (Å²) in [6, 6.07) is 1.86. The van der Waals surface area contributed by atoms with Crippen LogP contribution in [0, 0.1) is 11.2 Å². The molecule has 0 heterocycles. The SMILES string of the molecule is CC(C)(CO)[C@@H](N)c1c(F)ccc(Br)c1O.Cl. The van der Waals surface area contributed by atoms with Crippen LogP contribution in [0.4, 0.5) is 4.39 Å². The lowest BCUT2D eigenvalue weighted by atomic mass is 9.81. The summed E-state index contributed by atoms with van der Waals surface area (Å²) < 4.78 is 14.0. The molecule has 0 aromatic heterocycles. The summed E-state index contributed by atoms with van der Waals surface area (Å²) in [6.45, 7) is 3.22. The minimum absolute atomic E-state index is 0. The number of hydrogen-bond acceptors (Lipinski definition) is 3. The summed E-state index contributed by atoms with van der Waals surface area (Å²) >= 11 is 3.10. The maximum Gasteiger partial charge on any atom is 0.137 e. The van der Waals surface area contributed by atoms with Crippen LogP contribution >= 0.6 is 28.3 Å². The second-order valence-electron chi connectivity index (χ2n) is 4.42. The Balaban J connectivity index is 0.00000256. The minimum atomic E-state index is -0.782. The molecule has 6 heteroatoms. The molecule has 98 valence electrons. The van der Waals surface area contributed by atoms with Crippen LogP contribution in [-0.4, -0.2) is 16.8 Å². The van der Waals surface area contributed by atoms with Crippen molar-refractivity contribution < 1.29 is 14.6 Å². The third-order valence-corrected chi connectivity index (χ3v) is 3.31. The van der Waals surface area contributed by atoms with Crippen LogP contribution in [-0.2, 0) is 0 Å². The molecule has 0 saturated heterocycles. The lowest BCUT2D eigenvalue weighted by Crippen LogP contribution is -2.33. The number of aromatic hydroxyl groups is 1. The molecular formula is C11H16BrClFNO2. The third kappa shape index (κ3) is 3.31. The van der Waals surface area contributed by atoms with Crippen molar-refractivity contribution in [2.75, 3.05) is 6.61 Å². The molecule has 0 radical (unpaired) electrons. The number of aliphatic hydroxyl groups excluding tert-OH is 1. The summed E-state index contributed by atoms with van der Waals surface area (Å²) in [4.78, 5) is 0. The van der Waals surface area contributed by atoms with E-state index in [0.29, 0.717) is 4.47 Å². The van der Waals surface area contributed by atoms with Gasteiger partial charge in [0.2, 0.25) is 0 Å². The fourth-order valence-corrected chi connectivity index (χ4v) is 1.69. The summed E-state index contributed by atoms with van der Waals surface area (Å²) in [5.41, 5.74) is 5.19. The molecule has 4 N–H and O–H groups in total. The van der Waals surface area contributed by atoms with Gasteiger partial charge >= 0.3 is 0 Å². The van der Waals surface area contributed by atoms with Crippen LogP contribution < -0.4 is 5.73 Å². The Morgan fingerprint density at radius 1 is 1.47 bits per heavy atom. The largest absolute Gasteiger partial charge is 0.506 e. The molecular weight excluding hydrogens is 312 g/mol. The van der Waals surface area contributed by atoms with Gasteiger partial charge in [0.25, 0.3) is 0 Å². The monoisotopic (exact) mass is 327 g/mol. The van der Waals surface area contributed by atoms with Gasteiger partial charge < -0.3 is 15.9 Å². The summed E-state index contributed by atoms with van der Waals surface area (Å²) in [7, 11) is 0. The molecule has 0 fully saturated rings. The Labute approximate surface area is 114 Å². The molecule has 1 rings (SSSR count). The number of nitrogens with two attached hydrogens (primary N) is 1. The van der Waals surface area contributed by atoms with E-state index in [9.17, 15) is 14.6 Å². The Bertz CT molecular complexity index is 401. The summed E-state index contributed by atoms with van der Waals surface area (Å²) in [5.74, 6) is -0.788. The number of hydrogen-bond donors (Lipinski definition) is 3. The van der Waals surface area contributed by atoms with Crippen molar-refractivity contribution in [2.45, 2.75) is 19.9 Å². The second-order valence-corrected chi connectivity index (χ2v) is 5.27. The van der Waals surface area contributed by atoms with Gasteiger partial charge in [0, 0.05) is 23.6 Å². The van der Waals surface area contributed by atoms with E-state index in [0.717, 1.165) is 0 Å². The maximum atomic E-state index is 13.6. The van der Waals surface area contributed by atoms with Crippen LogP contribution in [0.1, 0.15) is 25.5 Å². The zero-order chi connectivity index (χ0) is 12.5. The van der Waals surface area contributed by atoms with Gasteiger partial charge in [-0.05, 0) is 28.1 Å². The number of rotatable bonds is 3. The number of aliphatic hydroxyl groups is 1. The van der Waals surface area contributed by atoms with Gasteiger partial charge in [-0.3, -0.25) is 0 Å². The zero-order valence-corrected chi connectivity index (χ0v) is 12.0. The quantitative estimate of drug-likeness (QED) is 0.799. The highest BCUT2D eigenvalue weighted by Gasteiger charge is 2.31. The van der Waals surface area contributed by atoms with Crippen molar-refractivity contribution in [3.63, 3.8) is 0 Å². The maximum absolute atomic E-state index is 13.6. The number of phenols is 1. The summed E-state index contributed by atoms with van der Waals surface area (Å²) in [6.07, 6.45) is 0. The first-order valence-corrected chi connectivity index (χ1v) is 5.64. The van der Waals surface area contributed by atoms with E-state index in [1.165, 1.54) is 12.1 Å². The first-order valence-electron chi connectivity index (χ1n) is 4.84. The molecule has 0 unspecified atom stereocenters. The van der Waals surface area contributed by atoms with Crippen molar-refractivity contribution in [3.8, 4) is 5.75 Å². The molecule has 3 nitrogen and oxygen atoms in total. The zero-order valence-electron chi connectivity index (χ0n) is 9.58. The molecule has 0 amide bonds. The van der Waals surface area contributed by atoms with E-state index < -0.39 is 17.3 Å². The van der Waals surface area contributed by atoms with Gasteiger partial charge in [-0.2, -0.15) is 0 Å². The number of halogens is 3. The standard InChI is InChI=1S/C11H15BrFNO2.ClH/c1-11(2,5-15)10(14)8-7(13)4-3-6(12)9(8)16;/h3-4,10,15-16H,5,14H2,1-2H3;1H/t10-;/m0./s1. The second kappa shape index (κ2) is 6.00. The molecule has 1 atom stereocenters. The lowest BCUT2D eigenvalue weighted by Gasteiger charge is -2.30. The van der Waals surface area contributed by atoms with Gasteiger partial charge in [-0.15, -0.1) is 12.4 Å². The Morgan fingerprint density at radius 3 is 2.47 bits per heavy atom. The molecule has 0 spiro atoms. The van der Waals surface area contributed by atoms with Crippen molar-refractivity contribution >= 4 is 28.3 Å².